The third-order valence-electron chi connectivity index (χ3n) is 4.48. The minimum Gasteiger partial charge on any atom is -0.352 e. The number of nitrogens with one attached hydrogen (secondary N) is 2. The highest BCUT2D eigenvalue weighted by Gasteiger charge is 2.36. The Morgan fingerprint density at radius 3 is 2.92 bits per heavy atom. The van der Waals surface area contributed by atoms with Crippen LogP contribution in [0.2, 0.25) is 0 Å². The molecule has 1 aliphatic heterocycles. The summed E-state index contributed by atoms with van der Waals surface area (Å²) in [6.45, 7) is 3.88. The Morgan fingerprint density at radius 2 is 2.19 bits per heavy atom. The van der Waals surface area contributed by atoms with Gasteiger partial charge in [0.15, 0.2) is 0 Å². The van der Waals surface area contributed by atoms with Crippen LogP contribution in [-0.2, 0) is 4.79 Å². The van der Waals surface area contributed by atoms with Crippen molar-refractivity contribution in [2.45, 2.75) is 32.4 Å². The van der Waals surface area contributed by atoms with E-state index in [1.807, 2.05) is 13.8 Å². The topological polar surface area (TPSA) is 82.3 Å². The molecule has 138 valence electrons. The van der Waals surface area contributed by atoms with Gasteiger partial charge in [0.1, 0.15) is 11.9 Å². The van der Waals surface area contributed by atoms with E-state index in [1.165, 1.54) is 40.9 Å². The molecule has 8 heteroatoms. The first-order valence-electron chi connectivity index (χ1n) is 8.42. The molecule has 0 aliphatic carbocycles. The van der Waals surface area contributed by atoms with Gasteiger partial charge < -0.3 is 15.2 Å². The largest absolute Gasteiger partial charge is 0.352 e. The smallest absolute Gasteiger partial charge is 0.256 e. The van der Waals surface area contributed by atoms with E-state index in [-0.39, 0.29) is 23.0 Å². The maximum atomic E-state index is 13.5. The van der Waals surface area contributed by atoms with Crippen LogP contribution in [0.25, 0.3) is 10.9 Å². The lowest BCUT2D eigenvalue weighted by atomic mass is 10.1. The Morgan fingerprint density at radius 1 is 1.42 bits per heavy atom. The first-order chi connectivity index (χ1) is 12.4. The lowest BCUT2D eigenvalue weighted by molar-refractivity contribution is -0.125. The number of hydrogen-bond donors (Lipinski definition) is 2. The highest BCUT2D eigenvalue weighted by molar-refractivity contribution is 7.99. The molecule has 6 nitrogen and oxygen atoms in total. The van der Waals surface area contributed by atoms with Crippen LogP contribution < -0.4 is 10.9 Å². The molecule has 1 aromatic carbocycles. The van der Waals surface area contributed by atoms with Crippen LogP contribution in [0.4, 0.5) is 4.39 Å². The van der Waals surface area contributed by atoms with Crippen LogP contribution in [0.3, 0.4) is 0 Å². The monoisotopic (exact) mass is 377 g/mol. The van der Waals surface area contributed by atoms with Gasteiger partial charge in [0.25, 0.3) is 5.91 Å². The van der Waals surface area contributed by atoms with Crippen LogP contribution >= 0.6 is 11.8 Å². The number of pyridine rings is 1. The number of rotatable bonds is 4. The van der Waals surface area contributed by atoms with Crippen molar-refractivity contribution in [2.75, 3.05) is 11.6 Å². The standard InChI is InChI=1S/C18H20FN3O3S/c1-3-10(2)20-17(24)15-8-26-9-22(15)18(25)13-7-16(23)21-14-6-11(19)4-5-12(13)14/h4-7,10,15H,3,8-9H2,1-2H3,(H,20,24)(H,21,23)/t10-,15+/m0/s1. The molecule has 2 N–H and O–H groups in total. The van der Waals surface area contributed by atoms with Crippen molar-refractivity contribution in [1.82, 2.24) is 15.2 Å². The number of nitrogens with zero attached hydrogens (tertiary/aromatic N) is 1. The molecule has 0 saturated carbocycles. The highest BCUT2D eigenvalue weighted by atomic mass is 32.2. The molecule has 2 atom stereocenters. The Kier molecular flexibility index (Phi) is 5.31. The second-order valence-electron chi connectivity index (χ2n) is 6.35. The van der Waals surface area contributed by atoms with Gasteiger partial charge in [0.2, 0.25) is 11.5 Å². The molecule has 0 spiro atoms. The molecular weight excluding hydrogens is 357 g/mol. The van der Waals surface area contributed by atoms with Gasteiger partial charge in [-0.1, -0.05) is 6.92 Å². The van der Waals surface area contributed by atoms with E-state index in [2.05, 4.69) is 10.3 Å². The fourth-order valence-electron chi connectivity index (χ4n) is 2.87. The molecule has 3 rings (SSSR count). The van der Waals surface area contributed by atoms with Gasteiger partial charge in [-0.3, -0.25) is 14.4 Å². The van der Waals surface area contributed by atoms with E-state index >= 15 is 0 Å². The Balaban J connectivity index is 1.95. The Bertz CT molecular complexity index is 914. The molecule has 0 unspecified atom stereocenters. The summed E-state index contributed by atoms with van der Waals surface area (Å²) in [5, 5.41) is 3.35. The van der Waals surface area contributed by atoms with Gasteiger partial charge in [0, 0.05) is 23.2 Å². The van der Waals surface area contributed by atoms with E-state index in [9.17, 15) is 18.8 Å². The zero-order valence-electron chi connectivity index (χ0n) is 14.5. The summed E-state index contributed by atoms with van der Waals surface area (Å²) >= 11 is 1.49. The van der Waals surface area contributed by atoms with Crippen LogP contribution in [0.5, 0.6) is 0 Å². The van der Waals surface area contributed by atoms with Gasteiger partial charge in [-0.2, -0.15) is 0 Å². The molecule has 0 bridgehead atoms. The molecular formula is C18H20FN3O3S. The van der Waals surface area contributed by atoms with E-state index < -0.39 is 23.3 Å². The number of hydrogen-bond acceptors (Lipinski definition) is 4. The SMILES string of the molecule is CC[C@H](C)NC(=O)[C@H]1CSCN1C(=O)c1cc(=O)[nH]c2cc(F)ccc12. The number of halogens is 1. The summed E-state index contributed by atoms with van der Waals surface area (Å²) in [5.74, 6) is -0.225. The minimum absolute atomic E-state index is 0.0217. The number of H-pyrrole nitrogens is 1. The van der Waals surface area contributed by atoms with E-state index in [0.717, 1.165) is 6.42 Å². The van der Waals surface area contributed by atoms with Gasteiger partial charge in [-0.15, -0.1) is 11.8 Å². The third-order valence-corrected chi connectivity index (χ3v) is 5.49. The summed E-state index contributed by atoms with van der Waals surface area (Å²) < 4.78 is 13.5. The van der Waals surface area contributed by atoms with Gasteiger partial charge in [-0.05, 0) is 31.5 Å². The van der Waals surface area contributed by atoms with Crippen molar-refractivity contribution < 1.29 is 14.0 Å². The normalized spacial score (nSPS) is 18.1. The van der Waals surface area contributed by atoms with Crippen LogP contribution in [0, 0.1) is 5.82 Å². The average molecular weight is 377 g/mol. The molecule has 1 saturated heterocycles. The Hall–Kier alpha value is -2.35. The molecule has 1 aromatic heterocycles. The average Bonchev–Trinajstić information content (AvgIpc) is 3.09. The molecule has 0 radical (unpaired) electrons. The van der Waals surface area contributed by atoms with Crippen molar-refractivity contribution in [3.63, 3.8) is 0 Å². The lowest BCUT2D eigenvalue weighted by Crippen LogP contribution is -2.49. The van der Waals surface area contributed by atoms with E-state index in [1.54, 1.807) is 0 Å². The fraction of sp³-hybridized carbons (Fsp3) is 0.389. The second kappa shape index (κ2) is 7.49. The predicted molar refractivity (Wildman–Crippen MR) is 99.7 cm³/mol. The molecule has 1 fully saturated rings. The zero-order valence-corrected chi connectivity index (χ0v) is 15.4. The van der Waals surface area contributed by atoms with Crippen LogP contribution in [0.1, 0.15) is 30.6 Å². The second-order valence-corrected chi connectivity index (χ2v) is 7.35. The Labute approximate surface area is 154 Å². The zero-order chi connectivity index (χ0) is 18.8. The molecule has 2 heterocycles. The highest BCUT2D eigenvalue weighted by Crippen LogP contribution is 2.26. The maximum absolute atomic E-state index is 13.5. The number of thioether (sulfide) groups is 1. The van der Waals surface area contributed by atoms with Crippen LogP contribution in [-0.4, -0.2) is 45.4 Å². The summed E-state index contributed by atoms with van der Waals surface area (Å²) in [5.41, 5.74) is -0.0557. The van der Waals surface area contributed by atoms with E-state index in [0.29, 0.717) is 17.0 Å². The van der Waals surface area contributed by atoms with Crippen LogP contribution in [0.15, 0.2) is 29.1 Å². The summed E-state index contributed by atoms with van der Waals surface area (Å²) in [6.07, 6.45) is 0.795. The van der Waals surface area contributed by atoms with Crippen molar-refractivity contribution in [1.29, 1.82) is 0 Å². The van der Waals surface area contributed by atoms with E-state index in [4.69, 9.17) is 0 Å². The number of carbonyl (C=O) groups excluding carboxylic acids is 2. The number of aromatic nitrogens is 1. The third kappa shape index (κ3) is 3.60. The molecule has 2 aromatic rings. The minimum atomic E-state index is -0.587. The van der Waals surface area contributed by atoms with Crippen molar-refractivity contribution in [3.05, 3.63) is 46.0 Å². The first-order valence-corrected chi connectivity index (χ1v) is 9.58. The van der Waals surface area contributed by atoms with Crippen molar-refractivity contribution in [3.8, 4) is 0 Å². The number of fused-ring (bicyclic) bond motifs is 1. The number of aromatic amines is 1. The lowest BCUT2D eigenvalue weighted by Gasteiger charge is -2.25. The fourth-order valence-corrected chi connectivity index (χ4v) is 4.02. The van der Waals surface area contributed by atoms with Crippen molar-refractivity contribution in [2.24, 2.45) is 0 Å². The number of carbonyl (C=O) groups is 2. The number of benzene rings is 1. The quantitative estimate of drug-likeness (QED) is 0.855. The van der Waals surface area contributed by atoms with Gasteiger partial charge >= 0.3 is 0 Å². The predicted octanol–water partition coefficient (Wildman–Crippen LogP) is 2.10. The molecule has 2 amide bonds. The summed E-state index contributed by atoms with van der Waals surface area (Å²) in [4.78, 5) is 41.5. The van der Waals surface area contributed by atoms with Gasteiger partial charge in [-0.25, -0.2) is 4.39 Å². The summed E-state index contributed by atoms with van der Waals surface area (Å²) in [6, 6.07) is 4.52. The molecule has 26 heavy (non-hydrogen) atoms. The first kappa shape index (κ1) is 18.4. The summed E-state index contributed by atoms with van der Waals surface area (Å²) in [7, 11) is 0. The van der Waals surface area contributed by atoms with Gasteiger partial charge in [0.05, 0.1) is 17.0 Å². The maximum Gasteiger partial charge on any atom is 0.256 e. The molecule has 1 aliphatic rings. The van der Waals surface area contributed by atoms with Crippen molar-refractivity contribution >= 4 is 34.5 Å². The number of amides is 2.